The summed E-state index contributed by atoms with van der Waals surface area (Å²) in [7, 11) is 1.16. The quantitative estimate of drug-likeness (QED) is 0.773. The molecule has 6 heteroatoms. The van der Waals surface area contributed by atoms with Crippen molar-refractivity contribution < 1.29 is 23.0 Å². The van der Waals surface area contributed by atoms with Crippen LogP contribution in [0, 0.1) is 5.82 Å². The molecular formula is C14H17F2NO3. The summed E-state index contributed by atoms with van der Waals surface area (Å²) in [5.41, 5.74) is 0. The van der Waals surface area contributed by atoms with Crippen molar-refractivity contribution >= 4 is 5.97 Å². The van der Waals surface area contributed by atoms with Crippen molar-refractivity contribution in [2.45, 2.75) is 18.7 Å². The maximum Gasteiger partial charge on any atom is 0.341 e. The molecule has 110 valence electrons. The lowest BCUT2D eigenvalue weighted by atomic mass is 10.3. The molecule has 0 saturated carbocycles. The SMILES string of the molecule is COC(=O)[C@@H](F)CN1CC[C@@H](Oc2cccc(F)c2)C1. The van der Waals surface area contributed by atoms with E-state index in [1.54, 1.807) is 17.0 Å². The molecule has 20 heavy (non-hydrogen) atoms. The van der Waals surface area contributed by atoms with Gasteiger partial charge in [-0.15, -0.1) is 0 Å². The summed E-state index contributed by atoms with van der Waals surface area (Å²) < 4.78 is 36.5. The predicted octanol–water partition coefficient (Wildman–Crippen LogP) is 1.79. The van der Waals surface area contributed by atoms with Crippen LogP contribution in [0.3, 0.4) is 0 Å². The van der Waals surface area contributed by atoms with Crippen molar-refractivity contribution in [3.8, 4) is 5.75 Å². The molecule has 1 fully saturated rings. The lowest BCUT2D eigenvalue weighted by Crippen LogP contribution is -2.34. The molecule has 0 N–H and O–H groups in total. The Morgan fingerprint density at radius 3 is 3.05 bits per heavy atom. The minimum atomic E-state index is -1.65. The number of likely N-dealkylation sites (tertiary alicyclic amines) is 1. The Morgan fingerprint density at radius 1 is 1.55 bits per heavy atom. The molecule has 0 bridgehead atoms. The molecule has 4 nitrogen and oxygen atoms in total. The Hall–Kier alpha value is -1.69. The summed E-state index contributed by atoms with van der Waals surface area (Å²) >= 11 is 0. The van der Waals surface area contributed by atoms with E-state index in [4.69, 9.17) is 4.74 Å². The van der Waals surface area contributed by atoms with Crippen LogP contribution in [0.4, 0.5) is 8.78 Å². The number of nitrogens with zero attached hydrogens (tertiary/aromatic N) is 1. The lowest BCUT2D eigenvalue weighted by Gasteiger charge is -2.18. The van der Waals surface area contributed by atoms with Crippen LogP contribution in [0.15, 0.2) is 24.3 Å². The molecule has 1 heterocycles. The second-order valence-corrected chi connectivity index (χ2v) is 4.74. The van der Waals surface area contributed by atoms with Gasteiger partial charge in [-0.2, -0.15) is 0 Å². The smallest absolute Gasteiger partial charge is 0.341 e. The third-order valence-corrected chi connectivity index (χ3v) is 3.20. The van der Waals surface area contributed by atoms with Gasteiger partial charge in [0, 0.05) is 25.7 Å². The highest BCUT2D eigenvalue weighted by molar-refractivity contribution is 5.74. The standard InChI is InChI=1S/C14H17F2NO3/c1-19-14(18)13(16)9-17-6-5-12(8-17)20-11-4-2-3-10(15)7-11/h2-4,7,12-13H,5-6,8-9H2,1H3/t12-,13+/m1/s1. The second-order valence-electron chi connectivity index (χ2n) is 4.74. The van der Waals surface area contributed by atoms with Crippen molar-refractivity contribution in [2.24, 2.45) is 0 Å². The van der Waals surface area contributed by atoms with Gasteiger partial charge in [0.1, 0.15) is 17.7 Å². The fourth-order valence-electron chi connectivity index (χ4n) is 2.22. The number of benzene rings is 1. The van der Waals surface area contributed by atoms with E-state index in [0.29, 0.717) is 25.3 Å². The Bertz CT molecular complexity index is 469. The number of hydrogen-bond acceptors (Lipinski definition) is 4. The number of ether oxygens (including phenoxy) is 2. The van der Waals surface area contributed by atoms with Gasteiger partial charge in [0.25, 0.3) is 0 Å². The molecule has 1 aliphatic rings. The van der Waals surface area contributed by atoms with Crippen LogP contribution in [0.25, 0.3) is 0 Å². The molecule has 1 saturated heterocycles. The van der Waals surface area contributed by atoms with Crippen molar-refractivity contribution in [2.75, 3.05) is 26.7 Å². The molecule has 0 radical (unpaired) electrons. The van der Waals surface area contributed by atoms with Crippen molar-refractivity contribution in [1.29, 1.82) is 0 Å². The molecular weight excluding hydrogens is 268 g/mol. The van der Waals surface area contributed by atoms with Crippen LogP contribution in [0.1, 0.15) is 6.42 Å². The number of alkyl halides is 1. The van der Waals surface area contributed by atoms with E-state index >= 15 is 0 Å². The molecule has 1 aromatic rings. The van der Waals surface area contributed by atoms with Gasteiger partial charge in [0.05, 0.1) is 7.11 Å². The number of methoxy groups -OCH3 is 1. The third kappa shape index (κ3) is 3.90. The monoisotopic (exact) mass is 285 g/mol. The highest BCUT2D eigenvalue weighted by Crippen LogP contribution is 2.19. The average molecular weight is 285 g/mol. The Kier molecular flexibility index (Phi) is 4.89. The average Bonchev–Trinajstić information content (AvgIpc) is 2.85. The number of rotatable bonds is 5. The topological polar surface area (TPSA) is 38.8 Å². The fraction of sp³-hybridized carbons (Fsp3) is 0.500. The van der Waals surface area contributed by atoms with Crippen molar-refractivity contribution in [1.82, 2.24) is 4.90 Å². The number of carbonyl (C=O) groups is 1. The van der Waals surface area contributed by atoms with Gasteiger partial charge in [-0.3, -0.25) is 4.90 Å². The molecule has 2 atom stereocenters. The molecule has 0 aromatic heterocycles. The molecule has 2 rings (SSSR count). The summed E-state index contributed by atoms with van der Waals surface area (Å²) in [5.74, 6) is -0.756. The third-order valence-electron chi connectivity index (χ3n) is 3.20. The zero-order chi connectivity index (χ0) is 14.5. The van der Waals surface area contributed by atoms with Gasteiger partial charge >= 0.3 is 5.97 Å². The first-order valence-electron chi connectivity index (χ1n) is 6.45. The van der Waals surface area contributed by atoms with Crippen molar-refractivity contribution in [3.05, 3.63) is 30.1 Å². The first-order chi connectivity index (χ1) is 9.58. The van der Waals surface area contributed by atoms with E-state index in [2.05, 4.69) is 4.74 Å². The molecule has 0 amide bonds. The van der Waals surface area contributed by atoms with Crippen LogP contribution in [-0.4, -0.2) is 49.9 Å². The summed E-state index contributed by atoms with van der Waals surface area (Å²) in [5, 5.41) is 0. The summed E-state index contributed by atoms with van der Waals surface area (Å²) in [6.45, 7) is 1.14. The first-order valence-corrected chi connectivity index (χ1v) is 6.45. The molecule has 1 aliphatic heterocycles. The lowest BCUT2D eigenvalue weighted by molar-refractivity contribution is -0.147. The predicted molar refractivity (Wildman–Crippen MR) is 68.8 cm³/mol. The normalized spacial score (nSPS) is 20.6. The summed E-state index contributed by atoms with van der Waals surface area (Å²) in [6, 6.07) is 5.91. The number of halogens is 2. The summed E-state index contributed by atoms with van der Waals surface area (Å²) in [6.07, 6.45) is -1.06. The van der Waals surface area contributed by atoms with Gasteiger partial charge in [0.15, 0.2) is 0 Å². The second kappa shape index (κ2) is 6.65. The van der Waals surface area contributed by atoms with Gasteiger partial charge < -0.3 is 9.47 Å². The molecule has 0 unspecified atom stereocenters. The zero-order valence-corrected chi connectivity index (χ0v) is 11.2. The van der Waals surface area contributed by atoms with Crippen LogP contribution in [0.2, 0.25) is 0 Å². The fourth-order valence-corrected chi connectivity index (χ4v) is 2.22. The largest absolute Gasteiger partial charge is 0.489 e. The highest BCUT2D eigenvalue weighted by atomic mass is 19.1. The molecule has 1 aromatic carbocycles. The molecule has 0 aliphatic carbocycles. The number of esters is 1. The van der Waals surface area contributed by atoms with E-state index in [9.17, 15) is 13.6 Å². The Balaban J connectivity index is 1.82. The van der Waals surface area contributed by atoms with Crippen LogP contribution < -0.4 is 4.74 Å². The van der Waals surface area contributed by atoms with E-state index < -0.39 is 12.1 Å². The van der Waals surface area contributed by atoms with E-state index in [1.807, 2.05) is 0 Å². The minimum Gasteiger partial charge on any atom is -0.489 e. The van der Waals surface area contributed by atoms with E-state index in [0.717, 1.165) is 7.11 Å². The van der Waals surface area contributed by atoms with E-state index in [1.165, 1.54) is 12.1 Å². The number of carbonyl (C=O) groups excluding carboxylic acids is 1. The van der Waals surface area contributed by atoms with Gasteiger partial charge in [-0.1, -0.05) is 6.07 Å². The molecule has 0 spiro atoms. The van der Waals surface area contributed by atoms with Crippen LogP contribution in [0.5, 0.6) is 5.75 Å². The maximum absolute atomic E-state index is 13.4. The summed E-state index contributed by atoms with van der Waals surface area (Å²) in [4.78, 5) is 12.8. The van der Waals surface area contributed by atoms with Crippen LogP contribution in [-0.2, 0) is 9.53 Å². The van der Waals surface area contributed by atoms with E-state index in [-0.39, 0.29) is 18.5 Å². The van der Waals surface area contributed by atoms with Gasteiger partial charge in [-0.25, -0.2) is 13.6 Å². The number of hydrogen-bond donors (Lipinski definition) is 0. The Labute approximate surface area is 116 Å². The maximum atomic E-state index is 13.4. The van der Waals surface area contributed by atoms with Gasteiger partial charge in [-0.05, 0) is 18.6 Å². The highest BCUT2D eigenvalue weighted by Gasteiger charge is 2.29. The zero-order valence-electron chi connectivity index (χ0n) is 11.2. The Morgan fingerprint density at radius 2 is 2.35 bits per heavy atom. The van der Waals surface area contributed by atoms with Crippen LogP contribution >= 0.6 is 0 Å². The van der Waals surface area contributed by atoms with Gasteiger partial charge in [0.2, 0.25) is 6.17 Å². The van der Waals surface area contributed by atoms with Crippen molar-refractivity contribution in [3.63, 3.8) is 0 Å². The first kappa shape index (κ1) is 14.7. The minimum absolute atomic E-state index is 0.00428.